The third kappa shape index (κ3) is 1.59. The van der Waals surface area contributed by atoms with E-state index in [1.165, 1.54) is 0 Å². The number of carbonyl (C=O) groups excluding carboxylic acids is 2. The Hall–Kier alpha value is -1.43. The molecule has 1 aromatic rings. The van der Waals surface area contributed by atoms with Gasteiger partial charge in [0, 0.05) is 16.9 Å². The molecule has 4 rings (SSSR count). The fraction of sp³-hybridized carbons (Fsp3) is 0.467. The molecule has 1 saturated heterocycles. The largest absolute Gasteiger partial charge is 0.390 e. The van der Waals surface area contributed by atoms with Crippen molar-refractivity contribution in [3.8, 4) is 0 Å². The third-order valence-electron chi connectivity index (χ3n) is 5.16. The number of fused-ring (bicyclic) bond motifs is 5. The van der Waals surface area contributed by atoms with E-state index in [0.29, 0.717) is 17.1 Å². The molecule has 110 valence electrons. The van der Waals surface area contributed by atoms with Crippen molar-refractivity contribution in [2.45, 2.75) is 18.6 Å². The van der Waals surface area contributed by atoms with Crippen LogP contribution in [0.4, 0.5) is 5.69 Å². The standard InChI is InChI=1S/C15H14ClNO4/c16-6-2-1-3-7(4-6)17-14(20)10-8-5-9(11(10)15(17)21)13(19)12(8)18/h1-4,8-13,18-19H,5H2/t8-,9+,10-,11-,12+,13-/m0/s1. The lowest BCUT2D eigenvalue weighted by molar-refractivity contribution is -0.129. The monoisotopic (exact) mass is 307 g/mol. The molecule has 3 aliphatic rings. The highest BCUT2D eigenvalue weighted by atomic mass is 35.5. The van der Waals surface area contributed by atoms with Crippen LogP contribution in [0, 0.1) is 23.7 Å². The van der Waals surface area contributed by atoms with Crippen LogP contribution >= 0.6 is 11.6 Å². The first kappa shape index (κ1) is 13.2. The number of imide groups is 1. The lowest BCUT2D eigenvalue weighted by Crippen LogP contribution is -2.43. The number of benzene rings is 1. The summed E-state index contributed by atoms with van der Waals surface area (Å²) in [5.74, 6) is -2.25. The SMILES string of the molecule is O=C1[C@H]2[C@@H]3C[C@@H]([C@H](O)[C@@H]3O)[C@@H]2C(=O)N1c1cccc(Cl)c1. The predicted molar refractivity (Wildman–Crippen MR) is 74.5 cm³/mol. The number of hydrogen-bond donors (Lipinski definition) is 2. The van der Waals surface area contributed by atoms with Crippen molar-refractivity contribution in [1.29, 1.82) is 0 Å². The van der Waals surface area contributed by atoms with Gasteiger partial charge in [-0.2, -0.15) is 0 Å². The summed E-state index contributed by atoms with van der Waals surface area (Å²) in [6.45, 7) is 0. The fourth-order valence-electron chi connectivity index (χ4n) is 4.30. The summed E-state index contributed by atoms with van der Waals surface area (Å²) in [7, 11) is 0. The first-order chi connectivity index (χ1) is 10.0. The maximum atomic E-state index is 12.6. The summed E-state index contributed by atoms with van der Waals surface area (Å²) in [6, 6.07) is 6.60. The van der Waals surface area contributed by atoms with Crippen LogP contribution in [-0.4, -0.2) is 34.2 Å². The molecule has 1 aliphatic heterocycles. The minimum atomic E-state index is -0.910. The zero-order valence-electron chi connectivity index (χ0n) is 11.0. The smallest absolute Gasteiger partial charge is 0.238 e. The Labute approximate surface area is 126 Å². The number of rotatable bonds is 1. The highest BCUT2D eigenvalue weighted by Crippen LogP contribution is 2.56. The summed E-state index contributed by atoms with van der Waals surface area (Å²) in [4.78, 5) is 26.4. The van der Waals surface area contributed by atoms with E-state index in [-0.39, 0.29) is 23.7 Å². The maximum absolute atomic E-state index is 12.6. The normalized spacial score (nSPS) is 41.0. The van der Waals surface area contributed by atoms with Crippen LogP contribution in [0.2, 0.25) is 5.02 Å². The molecule has 2 saturated carbocycles. The van der Waals surface area contributed by atoms with Crippen molar-refractivity contribution < 1.29 is 19.8 Å². The van der Waals surface area contributed by atoms with Gasteiger partial charge in [-0.1, -0.05) is 17.7 Å². The molecule has 0 spiro atoms. The van der Waals surface area contributed by atoms with E-state index in [1.54, 1.807) is 24.3 Å². The van der Waals surface area contributed by atoms with Gasteiger partial charge in [-0.3, -0.25) is 9.59 Å². The number of carbonyl (C=O) groups is 2. The van der Waals surface area contributed by atoms with Crippen LogP contribution in [-0.2, 0) is 9.59 Å². The van der Waals surface area contributed by atoms with E-state index in [4.69, 9.17) is 11.6 Å². The van der Waals surface area contributed by atoms with E-state index in [1.807, 2.05) is 0 Å². The molecule has 6 atom stereocenters. The third-order valence-corrected chi connectivity index (χ3v) is 5.39. The Bertz CT molecular complexity index is 616. The molecule has 0 aromatic heterocycles. The van der Waals surface area contributed by atoms with Crippen LogP contribution < -0.4 is 4.90 Å². The Morgan fingerprint density at radius 3 is 2.14 bits per heavy atom. The van der Waals surface area contributed by atoms with Crippen molar-refractivity contribution in [2.75, 3.05) is 4.90 Å². The molecular formula is C15H14ClNO4. The number of aliphatic hydroxyl groups is 2. The van der Waals surface area contributed by atoms with Gasteiger partial charge in [0.15, 0.2) is 0 Å². The number of hydrogen-bond acceptors (Lipinski definition) is 4. The molecule has 0 radical (unpaired) electrons. The van der Waals surface area contributed by atoms with E-state index < -0.39 is 24.0 Å². The summed E-state index contributed by atoms with van der Waals surface area (Å²) in [6.07, 6.45) is -1.28. The number of nitrogens with zero attached hydrogens (tertiary/aromatic N) is 1. The van der Waals surface area contributed by atoms with Crippen molar-refractivity contribution in [2.24, 2.45) is 23.7 Å². The van der Waals surface area contributed by atoms with Crippen LogP contribution in [0.5, 0.6) is 0 Å². The zero-order valence-corrected chi connectivity index (χ0v) is 11.8. The van der Waals surface area contributed by atoms with Crippen LogP contribution in [0.25, 0.3) is 0 Å². The van der Waals surface area contributed by atoms with Gasteiger partial charge in [0.05, 0.1) is 29.7 Å². The van der Waals surface area contributed by atoms with Gasteiger partial charge in [-0.05, 0) is 24.6 Å². The average Bonchev–Trinajstić information content (AvgIpc) is 3.04. The summed E-state index contributed by atoms with van der Waals surface area (Å²) >= 11 is 5.93. The van der Waals surface area contributed by atoms with Gasteiger partial charge in [0.25, 0.3) is 0 Å². The van der Waals surface area contributed by atoms with Crippen molar-refractivity contribution in [3.63, 3.8) is 0 Å². The number of anilines is 1. The first-order valence-corrected chi connectivity index (χ1v) is 7.38. The van der Waals surface area contributed by atoms with Gasteiger partial charge in [-0.15, -0.1) is 0 Å². The molecule has 21 heavy (non-hydrogen) atoms. The molecule has 5 nitrogen and oxygen atoms in total. The summed E-state index contributed by atoms with van der Waals surface area (Å²) in [5.41, 5.74) is 0.454. The molecule has 2 N–H and O–H groups in total. The van der Waals surface area contributed by atoms with Gasteiger partial charge < -0.3 is 10.2 Å². The number of halogens is 1. The molecule has 1 heterocycles. The van der Waals surface area contributed by atoms with Crippen molar-refractivity contribution >= 4 is 29.1 Å². The predicted octanol–water partition coefficient (Wildman–Crippen LogP) is 0.817. The van der Waals surface area contributed by atoms with Crippen LogP contribution in [0.3, 0.4) is 0 Å². The van der Waals surface area contributed by atoms with Crippen LogP contribution in [0.1, 0.15) is 6.42 Å². The minimum Gasteiger partial charge on any atom is -0.390 e. The molecule has 6 heteroatoms. The van der Waals surface area contributed by atoms with Crippen molar-refractivity contribution in [3.05, 3.63) is 29.3 Å². The Kier molecular flexibility index (Phi) is 2.70. The Morgan fingerprint density at radius 1 is 1.05 bits per heavy atom. The first-order valence-electron chi connectivity index (χ1n) is 7.00. The molecule has 2 amide bonds. The molecule has 2 bridgehead atoms. The quantitative estimate of drug-likeness (QED) is 0.753. The minimum absolute atomic E-state index is 0.286. The zero-order chi connectivity index (χ0) is 14.9. The highest BCUT2D eigenvalue weighted by Gasteiger charge is 2.67. The lowest BCUT2D eigenvalue weighted by Gasteiger charge is -2.29. The van der Waals surface area contributed by atoms with E-state index in [9.17, 15) is 19.8 Å². The number of aliphatic hydroxyl groups excluding tert-OH is 2. The average molecular weight is 308 g/mol. The van der Waals surface area contributed by atoms with Gasteiger partial charge in [-0.25, -0.2) is 4.90 Å². The van der Waals surface area contributed by atoms with Crippen LogP contribution in [0.15, 0.2) is 24.3 Å². The van der Waals surface area contributed by atoms with Gasteiger partial charge >= 0.3 is 0 Å². The van der Waals surface area contributed by atoms with Gasteiger partial charge in [0.1, 0.15) is 0 Å². The summed E-state index contributed by atoms with van der Waals surface area (Å²) in [5, 5.41) is 20.4. The van der Waals surface area contributed by atoms with E-state index in [2.05, 4.69) is 0 Å². The second-order valence-corrected chi connectivity index (χ2v) is 6.52. The Morgan fingerprint density at radius 2 is 1.62 bits per heavy atom. The lowest BCUT2D eigenvalue weighted by atomic mass is 9.78. The second kappa shape index (κ2) is 4.29. The second-order valence-electron chi connectivity index (χ2n) is 6.09. The number of amides is 2. The molecule has 2 aliphatic carbocycles. The molecule has 3 fully saturated rings. The van der Waals surface area contributed by atoms with Gasteiger partial charge in [0.2, 0.25) is 11.8 Å². The summed E-state index contributed by atoms with van der Waals surface area (Å²) < 4.78 is 0. The maximum Gasteiger partial charge on any atom is 0.238 e. The molecule has 1 aromatic carbocycles. The topological polar surface area (TPSA) is 77.8 Å². The highest BCUT2D eigenvalue weighted by molar-refractivity contribution is 6.31. The Balaban J connectivity index is 1.75. The fourth-order valence-corrected chi connectivity index (χ4v) is 4.48. The van der Waals surface area contributed by atoms with Crippen molar-refractivity contribution in [1.82, 2.24) is 0 Å². The van der Waals surface area contributed by atoms with E-state index in [0.717, 1.165) is 4.90 Å². The molecule has 0 unspecified atom stereocenters. The van der Waals surface area contributed by atoms with E-state index >= 15 is 0 Å². The molecular weight excluding hydrogens is 294 g/mol.